The maximum Gasteiger partial charge on any atom is 0.429 e. The van der Waals surface area contributed by atoms with Crippen molar-refractivity contribution in [3.63, 3.8) is 0 Å². The van der Waals surface area contributed by atoms with E-state index in [1.165, 1.54) is 24.3 Å². The number of hydrogen-bond donors (Lipinski definition) is 2. The number of rotatable bonds is 7. The first-order chi connectivity index (χ1) is 21.6. The van der Waals surface area contributed by atoms with Crippen molar-refractivity contribution in [3.8, 4) is 17.0 Å². The van der Waals surface area contributed by atoms with Gasteiger partial charge in [0.15, 0.2) is 0 Å². The van der Waals surface area contributed by atoms with Crippen LogP contribution in [0.15, 0.2) is 54.6 Å². The van der Waals surface area contributed by atoms with E-state index < -0.39 is 12.3 Å². The minimum atomic E-state index is -4.77. The molecule has 3 aliphatic heterocycles. The predicted molar refractivity (Wildman–Crippen MR) is 163 cm³/mol. The number of esters is 1. The Kier molecular flexibility index (Phi) is 9.07. The van der Waals surface area contributed by atoms with Crippen LogP contribution in [0.25, 0.3) is 11.1 Å². The third-order valence-corrected chi connectivity index (χ3v) is 9.10. The van der Waals surface area contributed by atoms with E-state index in [9.17, 15) is 18.0 Å². The molecule has 6 rings (SSSR count). The second-order valence-corrected chi connectivity index (χ2v) is 12.4. The first-order valence-electron chi connectivity index (χ1n) is 15.1. The Bertz CT molecular complexity index is 1500. The number of ether oxygens (including phenoxy) is 3. The van der Waals surface area contributed by atoms with Crippen molar-refractivity contribution >= 4 is 29.3 Å². The van der Waals surface area contributed by atoms with Crippen molar-refractivity contribution in [1.82, 2.24) is 15.3 Å². The summed E-state index contributed by atoms with van der Waals surface area (Å²) in [5, 5.41) is 3.65. The highest BCUT2D eigenvalue weighted by atomic mass is 35.5. The van der Waals surface area contributed by atoms with Crippen molar-refractivity contribution < 1.29 is 32.2 Å². The standard InChI is InChI=1S/C32H35ClF3N5O4/c33-21-6-7-23(24(16-21)20-4-2-1-3-5-20)28(32(34,35)36)45-27-17-26(39-30(37)40-27)41-12-10-31(11-13-41)18-25(38-19-31)29(42)44-22-8-14-43-15-9-22/h1-7,16-17,22,25,28,38H,8-15,18-19H2,(H2,37,39,40)/t25-,28?/m0/s1. The summed E-state index contributed by atoms with van der Waals surface area (Å²) in [6.07, 6.45) is -3.59. The highest BCUT2D eigenvalue weighted by Crippen LogP contribution is 2.43. The number of halogens is 4. The molecule has 0 radical (unpaired) electrons. The van der Waals surface area contributed by atoms with Gasteiger partial charge in [-0.3, -0.25) is 4.79 Å². The topological polar surface area (TPSA) is 112 Å². The van der Waals surface area contributed by atoms with E-state index in [0.717, 1.165) is 12.8 Å². The zero-order valence-corrected chi connectivity index (χ0v) is 25.3. The van der Waals surface area contributed by atoms with Crippen LogP contribution in [0, 0.1) is 5.41 Å². The average molecular weight is 646 g/mol. The van der Waals surface area contributed by atoms with E-state index >= 15 is 0 Å². The predicted octanol–water partition coefficient (Wildman–Crippen LogP) is 5.73. The number of alkyl halides is 3. The summed E-state index contributed by atoms with van der Waals surface area (Å²) < 4.78 is 60.3. The number of carbonyl (C=O) groups excluding carboxylic acids is 1. The summed E-state index contributed by atoms with van der Waals surface area (Å²) in [6.45, 7) is 3.05. The second kappa shape index (κ2) is 13.0. The minimum Gasteiger partial charge on any atom is -0.461 e. The molecular weight excluding hydrogens is 611 g/mol. The van der Waals surface area contributed by atoms with Crippen molar-refractivity contribution in [3.05, 3.63) is 65.2 Å². The van der Waals surface area contributed by atoms with E-state index in [1.54, 1.807) is 30.3 Å². The Labute approximate surface area is 264 Å². The van der Waals surface area contributed by atoms with E-state index in [0.29, 0.717) is 74.1 Å². The lowest BCUT2D eigenvalue weighted by atomic mass is 9.76. The highest BCUT2D eigenvalue weighted by molar-refractivity contribution is 6.30. The van der Waals surface area contributed by atoms with Crippen LogP contribution in [0.3, 0.4) is 0 Å². The van der Waals surface area contributed by atoms with E-state index in [-0.39, 0.29) is 40.9 Å². The first-order valence-corrected chi connectivity index (χ1v) is 15.5. The zero-order valence-electron chi connectivity index (χ0n) is 24.6. The Morgan fingerprint density at radius 1 is 1.09 bits per heavy atom. The molecule has 0 saturated carbocycles. The van der Waals surface area contributed by atoms with Crippen molar-refractivity contribution in [1.29, 1.82) is 0 Å². The number of piperidine rings is 1. The van der Waals surface area contributed by atoms with Crippen molar-refractivity contribution in [2.75, 3.05) is 43.5 Å². The van der Waals surface area contributed by atoms with Crippen LogP contribution < -0.4 is 20.7 Å². The summed E-state index contributed by atoms with van der Waals surface area (Å²) >= 11 is 6.19. The molecule has 0 bridgehead atoms. The molecule has 4 heterocycles. The van der Waals surface area contributed by atoms with Gasteiger partial charge in [0.05, 0.1) is 13.2 Å². The number of anilines is 2. The van der Waals surface area contributed by atoms with E-state index in [2.05, 4.69) is 15.3 Å². The molecule has 3 N–H and O–H groups in total. The molecule has 1 unspecified atom stereocenters. The molecule has 1 spiro atoms. The Hall–Kier alpha value is -3.61. The monoisotopic (exact) mass is 645 g/mol. The molecule has 1 aromatic heterocycles. The number of nitrogens with two attached hydrogens (primary N) is 1. The van der Waals surface area contributed by atoms with Crippen LogP contribution in [-0.4, -0.2) is 67.1 Å². The van der Waals surface area contributed by atoms with Gasteiger partial charge in [-0.15, -0.1) is 0 Å². The minimum absolute atomic E-state index is 0.0857. The maximum absolute atomic E-state index is 14.5. The fourth-order valence-corrected chi connectivity index (χ4v) is 6.59. The normalized spacial score (nSPS) is 21.1. The van der Waals surface area contributed by atoms with Crippen LogP contribution in [0.4, 0.5) is 24.9 Å². The maximum atomic E-state index is 14.5. The van der Waals surface area contributed by atoms with Gasteiger partial charge in [0, 0.05) is 49.1 Å². The molecule has 13 heteroatoms. The number of aromatic nitrogens is 2. The largest absolute Gasteiger partial charge is 0.461 e. The van der Waals surface area contributed by atoms with Crippen LogP contribution >= 0.6 is 11.6 Å². The SMILES string of the molecule is Nc1nc(OC(c2ccc(Cl)cc2-c2ccccc2)C(F)(F)F)cc(N2CCC3(CC2)CN[C@H](C(=O)OC2CCOCC2)C3)n1. The molecule has 0 amide bonds. The zero-order chi connectivity index (χ0) is 31.6. The molecule has 240 valence electrons. The Balaban J connectivity index is 1.15. The lowest BCUT2D eigenvalue weighted by Gasteiger charge is -2.39. The number of nitrogens with zero attached hydrogens (tertiary/aromatic N) is 3. The quantitative estimate of drug-likeness (QED) is 0.311. The summed E-state index contributed by atoms with van der Waals surface area (Å²) in [4.78, 5) is 23.1. The van der Waals surface area contributed by atoms with Crippen LogP contribution in [-0.2, 0) is 14.3 Å². The molecule has 9 nitrogen and oxygen atoms in total. The smallest absolute Gasteiger partial charge is 0.429 e. The van der Waals surface area contributed by atoms with Crippen molar-refractivity contribution in [2.45, 2.75) is 56.5 Å². The van der Waals surface area contributed by atoms with Gasteiger partial charge in [0.1, 0.15) is 18.0 Å². The van der Waals surface area contributed by atoms with Crippen molar-refractivity contribution in [2.24, 2.45) is 5.41 Å². The number of nitrogen functional groups attached to an aromatic ring is 1. The fourth-order valence-electron chi connectivity index (χ4n) is 6.42. The molecular formula is C32H35ClF3N5O4. The number of benzene rings is 2. The van der Waals surface area contributed by atoms with Gasteiger partial charge in [0.25, 0.3) is 0 Å². The number of hydrogen-bond acceptors (Lipinski definition) is 9. The van der Waals surface area contributed by atoms with Crippen LogP contribution in [0.1, 0.15) is 43.8 Å². The lowest BCUT2D eigenvalue weighted by molar-refractivity contribution is -0.198. The first kappa shape index (κ1) is 31.4. The summed E-state index contributed by atoms with van der Waals surface area (Å²) in [7, 11) is 0. The molecule has 45 heavy (non-hydrogen) atoms. The lowest BCUT2D eigenvalue weighted by Crippen LogP contribution is -2.41. The number of nitrogens with one attached hydrogen (secondary N) is 1. The Morgan fingerprint density at radius 2 is 1.82 bits per heavy atom. The van der Waals surface area contributed by atoms with Gasteiger partial charge < -0.3 is 30.2 Å². The van der Waals surface area contributed by atoms with Gasteiger partial charge in [-0.2, -0.15) is 23.1 Å². The summed E-state index contributed by atoms with van der Waals surface area (Å²) in [6, 6.07) is 13.9. The van der Waals surface area contributed by atoms with E-state index in [4.69, 9.17) is 31.5 Å². The molecule has 3 aromatic rings. The second-order valence-electron chi connectivity index (χ2n) is 11.9. The third kappa shape index (κ3) is 7.29. The number of carbonyl (C=O) groups is 1. The fraction of sp³-hybridized carbons (Fsp3) is 0.469. The van der Waals surface area contributed by atoms with Gasteiger partial charge in [-0.25, -0.2) is 0 Å². The average Bonchev–Trinajstić information content (AvgIpc) is 3.44. The molecule has 3 saturated heterocycles. The van der Waals surface area contributed by atoms with E-state index in [1.807, 2.05) is 4.90 Å². The molecule has 3 fully saturated rings. The van der Waals surface area contributed by atoms with Gasteiger partial charge in [-0.1, -0.05) is 48.0 Å². The molecule has 3 aliphatic rings. The summed E-state index contributed by atoms with van der Waals surface area (Å²) in [5.41, 5.74) is 6.66. The summed E-state index contributed by atoms with van der Waals surface area (Å²) in [5.74, 6) is -0.315. The van der Waals surface area contributed by atoms with Gasteiger partial charge >= 0.3 is 12.1 Å². The molecule has 2 aromatic carbocycles. The van der Waals surface area contributed by atoms with Crippen LogP contribution in [0.5, 0.6) is 5.88 Å². The molecule has 0 aliphatic carbocycles. The third-order valence-electron chi connectivity index (χ3n) is 8.87. The Morgan fingerprint density at radius 3 is 2.53 bits per heavy atom. The van der Waals surface area contributed by atoms with Crippen LogP contribution in [0.2, 0.25) is 5.02 Å². The highest BCUT2D eigenvalue weighted by Gasteiger charge is 2.46. The van der Waals surface area contributed by atoms with Gasteiger partial charge in [0.2, 0.25) is 17.9 Å². The van der Waals surface area contributed by atoms with Gasteiger partial charge in [-0.05, 0) is 47.9 Å². The molecule has 2 atom stereocenters.